The predicted molar refractivity (Wildman–Crippen MR) is 98.3 cm³/mol. The zero-order chi connectivity index (χ0) is 15.0. The van der Waals surface area contributed by atoms with Gasteiger partial charge in [-0.05, 0) is 15.9 Å². The van der Waals surface area contributed by atoms with Crippen molar-refractivity contribution in [2.45, 2.75) is 19.1 Å². The van der Waals surface area contributed by atoms with E-state index in [9.17, 15) is 4.57 Å². The molecule has 0 saturated heterocycles. The lowest BCUT2D eigenvalue weighted by Crippen LogP contribution is -2.15. The van der Waals surface area contributed by atoms with Crippen LogP contribution in [0.25, 0.3) is 4.48 Å². The van der Waals surface area contributed by atoms with Crippen LogP contribution in [0.5, 0.6) is 0 Å². The third kappa shape index (κ3) is 2.46. The Balaban J connectivity index is 2.28. The number of fused-ring (bicyclic) bond motifs is 1. The molecule has 1 nitrogen and oxygen atoms in total. The Kier molecular flexibility index (Phi) is 4.18. The van der Waals surface area contributed by atoms with Gasteiger partial charge in [-0.25, -0.2) is 0 Å². The third-order valence-electron chi connectivity index (χ3n) is 3.42. The lowest BCUT2D eigenvalue weighted by atomic mass is 10.2. The van der Waals surface area contributed by atoms with Crippen molar-refractivity contribution in [3.8, 4) is 0 Å². The largest absolute Gasteiger partial charge is 0.308 e. The molecule has 2 aromatic rings. The normalized spacial score (nSPS) is 21.0. The SMILES string of the molecule is CC(C)SC1=C(Br)c2ccccc2P1(=O)c1ccccc1. The van der Waals surface area contributed by atoms with Gasteiger partial charge in [-0.3, -0.25) is 0 Å². The van der Waals surface area contributed by atoms with E-state index in [4.69, 9.17) is 0 Å². The van der Waals surface area contributed by atoms with Gasteiger partial charge in [0.05, 0.1) is 4.65 Å². The molecular weight excluding hydrogens is 363 g/mol. The number of rotatable bonds is 3. The van der Waals surface area contributed by atoms with E-state index in [0.29, 0.717) is 5.25 Å². The van der Waals surface area contributed by atoms with Crippen LogP contribution < -0.4 is 10.6 Å². The summed E-state index contributed by atoms with van der Waals surface area (Å²) in [5.41, 5.74) is 1.06. The molecule has 21 heavy (non-hydrogen) atoms. The van der Waals surface area contributed by atoms with Crippen LogP contribution in [0.15, 0.2) is 59.2 Å². The molecule has 3 rings (SSSR count). The second-order valence-corrected chi connectivity index (χ2v) is 10.6. The first-order valence-corrected chi connectivity index (χ1v) is 10.3. The Morgan fingerprint density at radius 2 is 1.62 bits per heavy atom. The molecular formula is C17H16BrOPS. The van der Waals surface area contributed by atoms with Crippen molar-refractivity contribution in [2.24, 2.45) is 0 Å². The first kappa shape index (κ1) is 15.1. The average Bonchev–Trinajstić information content (AvgIpc) is 2.71. The van der Waals surface area contributed by atoms with Crippen molar-refractivity contribution < 1.29 is 4.57 Å². The van der Waals surface area contributed by atoms with Gasteiger partial charge in [-0.15, -0.1) is 11.8 Å². The van der Waals surface area contributed by atoms with Gasteiger partial charge < -0.3 is 4.57 Å². The summed E-state index contributed by atoms with van der Waals surface area (Å²) in [5.74, 6) is 0. The second kappa shape index (κ2) is 5.79. The molecule has 1 aliphatic rings. The Morgan fingerprint density at radius 3 is 2.29 bits per heavy atom. The van der Waals surface area contributed by atoms with Crippen molar-refractivity contribution in [3.63, 3.8) is 0 Å². The van der Waals surface area contributed by atoms with Gasteiger partial charge >= 0.3 is 0 Å². The van der Waals surface area contributed by atoms with Crippen LogP contribution in [0.1, 0.15) is 19.4 Å². The molecule has 0 saturated carbocycles. The number of halogens is 1. The summed E-state index contributed by atoms with van der Waals surface area (Å²) in [7, 11) is -2.74. The zero-order valence-electron chi connectivity index (χ0n) is 11.9. The molecule has 1 unspecified atom stereocenters. The molecule has 0 radical (unpaired) electrons. The number of benzene rings is 2. The first-order valence-electron chi connectivity index (χ1n) is 6.87. The van der Waals surface area contributed by atoms with E-state index in [1.54, 1.807) is 11.8 Å². The van der Waals surface area contributed by atoms with Crippen molar-refractivity contribution in [3.05, 3.63) is 64.8 Å². The molecule has 0 aliphatic carbocycles. The summed E-state index contributed by atoms with van der Waals surface area (Å²) in [4.78, 5) is 0. The van der Waals surface area contributed by atoms with E-state index >= 15 is 0 Å². The summed E-state index contributed by atoms with van der Waals surface area (Å²) in [6.45, 7) is 4.27. The highest BCUT2D eigenvalue weighted by Crippen LogP contribution is 2.65. The number of thioether (sulfide) groups is 1. The van der Waals surface area contributed by atoms with E-state index in [0.717, 1.165) is 25.3 Å². The summed E-state index contributed by atoms with van der Waals surface area (Å²) >= 11 is 5.39. The van der Waals surface area contributed by atoms with E-state index in [1.807, 2.05) is 54.6 Å². The quantitative estimate of drug-likeness (QED) is 0.684. The fourth-order valence-electron chi connectivity index (χ4n) is 2.54. The fraction of sp³-hybridized carbons (Fsp3) is 0.176. The highest BCUT2D eigenvalue weighted by Gasteiger charge is 2.42. The summed E-state index contributed by atoms with van der Waals surface area (Å²) in [6.07, 6.45) is 0. The minimum absolute atomic E-state index is 0.388. The van der Waals surface area contributed by atoms with Crippen LogP contribution in [0.2, 0.25) is 0 Å². The first-order chi connectivity index (χ1) is 10.0. The maximum Gasteiger partial charge on any atom is 0.178 e. The molecule has 2 aromatic carbocycles. The van der Waals surface area contributed by atoms with Crippen molar-refractivity contribution in [1.82, 2.24) is 0 Å². The lowest BCUT2D eigenvalue weighted by Gasteiger charge is -2.19. The number of hydrogen-bond acceptors (Lipinski definition) is 2. The molecule has 0 bridgehead atoms. The molecule has 0 N–H and O–H groups in total. The topological polar surface area (TPSA) is 17.1 Å². The molecule has 0 aromatic heterocycles. The Bertz CT molecular complexity index is 752. The average molecular weight is 379 g/mol. The van der Waals surface area contributed by atoms with Gasteiger partial charge in [0.2, 0.25) is 0 Å². The van der Waals surface area contributed by atoms with E-state index in [-0.39, 0.29) is 0 Å². The summed E-state index contributed by atoms with van der Waals surface area (Å²) in [6, 6.07) is 17.8. The molecule has 0 fully saturated rings. The van der Waals surface area contributed by atoms with Gasteiger partial charge in [-0.1, -0.05) is 68.4 Å². The molecule has 108 valence electrons. The Hall–Kier alpha value is -0.760. The highest BCUT2D eigenvalue weighted by atomic mass is 79.9. The van der Waals surface area contributed by atoms with Crippen LogP contribution in [0, 0.1) is 0 Å². The van der Waals surface area contributed by atoms with Crippen LogP contribution in [0.3, 0.4) is 0 Å². The molecule has 0 spiro atoms. The van der Waals surface area contributed by atoms with Gasteiger partial charge in [0, 0.05) is 25.9 Å². The number of hydrogen-bond donors (Lipinski definition) is 0. The standard InChI is InChI=1S/C17H16BrOPS/c1-12(2)21-17-16(18)14-10-6-7-11-15(14)20(17,19)13-8-4-3-5-9-13/h3-12H,1-2H3. The van der Waals surface area contributed by atoms with Crippen LogP contribution >= 0.6 is 34.8 Å². The molecule has 1 aliphatic heterocycles. The Labute approximate surface area is 138 Å². The van der Waals surface area contributed by atoms with Crippen molar-refractivity contribution in [1.29, 1.82) is 0 Å². The highest BCUT2D eigenvalue weighted by molar-refractivity contribution is 9.15. The fourth-order valence-corrected chi connectivity index (χ4v) is 9.11. The maximum absolute atomic E-state index is 14.0. The molecule has 1 atom stereocenters. The summed E-state index contributed by atoms with van der Waals surface area (Å²) in [5, 5.41) is 2.25. The van der Waals surface area contributed by atoms with Crippen molar-refractivity contribution in [2.75, 3.05) is 0 Å². The van der Waals surface area contributed by atoms with Gasteiger partial charge in [0.1, 0.15) is 0 Å². The van der Waals surface area contributed by atoms with E-state index in [1.165, 1.54) is 0 Å². The van der Waals surface area contributed by atoms with E-state index < -0.39 is 7.14 Å². The molecule has 4 heteroatoms. The zero-order valence-corrected chi connectivity index (χ0v) is 15.2. The minimum atomic E-state index is -2.74. The van der Waals surface area contributed by atoms with Crippen LogP contribution in [-0.2, 0) is 4.57 Å². The predicted octanol–water partition coefficient (Wildman–Crippen LogP) is 5.18. The van der Waals surface area contributed by atoms with Crippen LogP contribution in [-0.4, -0.2) is 5.25 Å². The monoisotopic (exact) mass is 378 g/mol. The van der Waals surface area contributed by atoms with Gasteiger partial charge in [-0.2, -0.15) is 0 Å². The molecule has 0 amide bonds. The van der Waals surface area contributed by atoms with E-state index in [2.05, 4.69) is 29.8 Å². The second-order valence-electron chi connectivity index (χ2n) is 5.25. The van der Waals surface area contributed by atoms with Gasteiger partial charge in [0.25, 0.3) is 0 Å². The summed E-state index contributed by atoms with van der Waals surface area (Å²) < 4.78 is 16.0. The van der Waals surface area contributed by atoms with Crippen molar-refractivity contribution >= 4 is 49.9 Å². The Morgan fingerprint density at radius 1 is 1.00 bits per heavy atom. The smallest absolute Gasteiger partial charge is 0.178 e. The minimum Gasteiger partial charge on any atom is -0.308 e. The third-order valence-corrected chi connectivity index (χ3v) is 9.69. The maximum atomic E-state index is 14.0. The van der Waals surface area contributed by atoms with Gasteiger partial charge in [0.15, 0.2) is 7.14 Å². The molecule has 1 heterocycles. The van der Waals surface area contributed by atoms with Crippen LogP contribution in [0.4, 0.5) is 0 Å². The lowest BCUT2D eigenvalue weighted by molar-refractivity contribution is 0.592.